The van der Waals surface area contributed by atoms with E-state index in [2.05, 4.69) is 0 Å². The van der Waals surface area contributed by atoms with Crippen LogP contribution >= 0.6 is 0 Å². The van der Waals surface area contributed by atoms with E-state index >= 15 is 0 Å². The Bertz CT molecular complexity index is 167. The summed E-state index contributed by atoms with van der Waals surface area (Å²) in [6, 6.07) is 0. The third-order valence-electron chi connectivity index (χ3n) is 2.62. The highest BCUT2D eigenvalue weighted by Gasteiger charge is 2.28. The van der Waals surface area contributed by atoms with Gasteiger partial charge in [-0.3, -0.25) is 4.79 Å². The molecule has 3 unspecified atom stereocenters. The van der Waals surface area contributed by atoms with Gasteiger partial charge >= 0.3 is 5.97 Å². The molecule has 1 fully saturated rings. The third-order valence-corrected chi connectivity index (χ3v) is 2.62. The maximum absolute atomic E-state index is 10.6. The lowest BCUT2D eigenvalue weighted by Crippen LogP contribution is -2.28. The van der Waals surface area contributed by atoms with E-state index in [-0.39, 0.29) is 11.8 Å². The van der Waals surface area contributed by atoms with Crippen molar-refractivity contribution in [3.8, 4) is 0 Å². The minimum atomic E-state index is -0.755. The van der Waals surface area contributed by atoms with Crippen LogP contribution in [0, 0.1) is 18.3 Å². The van der Waals surface area contributed by atoms with Gasteiger partial charge in [0, 0.05) is 0 Å². The molecule has 0 spiro atoms. The lowest BCUT2D eigenvalue weighted by molar-refractivity contribution is -0.143. The summed E-state index contributed by atoms with van der Waals surface area (Å²) in [5.41, 5.74) is 0. The van der Waals surface area contributed by atoms with Crippen molar-refractivity contribution in [1.29, 1.82) is 0 Å². The van der Waals surface area contributed by atoms with Crippen LogP contribution in [0.25, 0.3) is 0 Å². The van der Waals surface area contributed by atoms with Crippen LogP contribution in [0.5, 0.6) is 0 Å². The Morgan fingerprint density at radius 2 is 2.33 bits per heavy atom. The standard InChI is InChI=1S/C9H15O3/c1-6(9(11)12)7-3-2-4-8(10)5-7/h4,6-8,10H,2-3,5H2,1H3,(H,11,12). The molecule has 3 nitrogen and oxygen atoms in total. The van der Waals surface area contributed by atoms with Gasteiger partial charge in [0.05, 0.1) is 12.0 Å². The zero-order chi connectivity index (χ0) is 9.14. The molecular weight excluding hydrogens is 156 g/mol. The summed E-state index contributed by atoms with van der Waals surface area (Å²) in [5.74, 6) is -0.940. The zero-order valence-corrected chi connectivity index (χ0v) is 7.23. The molecule has 3 atom stereocenters. The SMILES string of the molecule is CC(C(=O)O)C1CC[CH]C(O)C1. The largest absolute Gasteiger partial charge is 0.481 e. The molecule has 0 saturated heterocycles. The number of aliphatic hydroxyl groups is 1. The molecule has 0 aromatic heterocycles. The predicted octanol–water partition coefficient (Wildman–Crippen LogP) is 1.07. The number of carbonyl (C=O) groups is 1. The van der Waals surface area contributed by atoms with E-state index in [0.717, 1.165) is 12.8 Å². The number of aliphatic carboxylic acids is 1. The van der Waals surface area contributed by atoms with Crippen LogP contribution in [0.4, 0.5) is 0 Å². The quantitative estimate of drug-likeness (QED) is 0.653. The van der Waals surface area contributed by atoms with Crippen molar-refractivity contribution in [3.05, 3.63) is 6.42 Å². The van der Waals surface area contributed by atoms with Gasteiger partial charge in [0.1, 0.15) is 0 Å². The van der Waals surface area contributed by atoms with E-state index in [1.807, 2.05) is 6.42 Å². The summed E-state index contributed by atoms with van der Waals surface area (Å²) >= 11 is 0. The van der Waals surface area contributed by atoms with Crippen molar-refractivity contribution in [3.63, 3.8) is 0 Å². The minimum absolute atomic E-state index is 0.141. The van der Waals surface area contributed by atoms with Crippen molar-refractivity contribution in [2.45, 2.75) is 32.3 Å². The Hall–Kier alpha value is -0.570. The van der Waals surface area contributed by atoms with E-state index in [1.165, 1.54) is 0 Å². The van der Waals surface area contributed by atoms with E-state index in [9.17, 15) is 9.90 Å². The molecule has 0 aliphatic heterocycles. The molecule has 1 aliphatic carbocycles. The van der Waals surface area contributed by atoms with Gasteiger partial charge in [0.25, 0.3) is 0 Å². The number of aliphatic hydroxyl groups excluding tert-OH is 1. The third kappa shape index (κ3) is 2.21. The zero-order valence-electron chi connectivity index (χ0n) is 7.23. The first-order valence-electron chi connectivity index (χ1n) is 4.35. The van der Waals surface area contributed by atoms with Crippen LogP contribution in [0.2, 0.25) is 0 Å². The molecule has 2 N–H and O–H groups in total. The first-order valence-corrected chi connectivity index (χ1v) is 4.35. The van der Waals surface area contributed by atoms with Gasteiger partial charge in [-0.15, -0.1) is 0 Å². The Labute approximate surface area is 72.4 Å². The average Bonchev–Trinajstić information content (AvgIpc) is 2.03. The number of carboxylic acids is 1. The molecule has 1 rings (SSSR count). The van der Waals surface area contributed by atoms with E-state index in [1.54, 1.807) is 6.92 Å². The fourth-order valence-electron chi connectivity index (χ4n) is 1.68. The van der Waals surface area contributed by atoms with E-state index < -0.39 is 12.1 Å². The summed E-state index contributed by atoms with van der Waals surface area (Å²) in [6.07, 6.45) is 3.79. The number of carboxylic acid groups (broad SMARTS) is 1. The molecule has 0 aromatic rings. The second kappa shape index (κ2) is 3.90. The van der Waals surface area contributed by atoms with Gasteiger partial charge in [-0.1, -0.05) is 6.92 Å². The molecule has 12 heavy (non-hydrogen) atoms. The van der Waals surface area contributed by atoms with Gasteiger partial charge in [0.2, 0.25) is 0 Å². The van der Waals surface area contributed by atoms with Gasteiger partial charge in [-0.2, -0.15) is 0 Å². The van der Waals surface area contributed by atoms with Crippen LogP contribution < -0.4 is 0 Å². The van der Waals surface area contributed by atoms with E-state index in [4.69, 9.17) is 5.11 Å². The second-order valence-electron chi connectivity index (χ2n) is 3.50. The van der Waals surface area contributed by atoms with Gasteiger partial charge in [-0.05, 0) is 31.6 Å². The highest BCUT2D eigenvalue weighted by molar-refractivity contribution is 5.69. The number of rotatable bonds is 2. The summed E-state index contributed by atoms with van der Waals surface area (Å²) < 4.78 is 0. The summed E-state index contributed by atoms with van der Waals surface area (Å²) in [5, 5.41) is 18.0. The van der Waals surface area contributed by atoms with Crippen molar-refractivity contribution >= 4 is 5.97 Å². The Morgan fingerprint density at radius 1 is 1.67 bits per heavy atom. The van der Waals surface area contributed by atoms with Crippen LogP contribution in [0.15, 0.2) is 0 Å². The highest BCUT2D eigenvalue weighted by atomic mass is 16.4. The second-order valence-corrected chi connectivity index (χ2v) is 3.50. The molecule has 0 heterocycles. The Balaban J connectivity index is 2.45. The van der Waals surface area contributed by atoms with Gasteiger partial charge < -0.3 is 10.2 Å². The molecule has 0 bridgehead atoms. The topological polar surface area (TPSA) is 57.5 Å². The summed E-state index contributed by atoms with van der Waals surface area (Å²) in [7, 11) is 0. The lowest BCUT2D eigenvalue weighted by Gasteiger charge is -2.28. The van der Waals surface area contributed by atoms with Gasteiger partial charge in [-0.25, -0.2) is 0 Å². The van der Waals surface area contributed by atoms with Crippen LogP contribution in [0.3, 0.4) is 0 Å². The fourth-order valence-corrected chi connectivity index (χ4v) is 1.68. The fraction of sp³-hybridized carbons (Fsp3) is 0.778. The Kier molecular flexibility index (Phi) is 3.09. The summed E-state index contributed by atoms with van der Waals surface area (Å²) in [4.78, 5) is 10.6. The van der Waals surface area contributed by atoms with Gasteiger partial charge in [0.15, 0.2) is 0 Å². The van der Waals surface area contributed by atoms with Crippen LogP contribution in [-0.4, -0.2) is 22.3 Å². The Morgan fingerprint density at radius 3 is 2.83 bits per heavy atom. The molecule has 3 heteroatoms. The molecule has 1 saturated carbocycles. The maximum Gasteiger partial charge on any atom is 0.306 e. The highest BCUT2D eigenvalue weighted by Crippen LogP contribution is 2.29. The molecule has 0 aromatic carbocycles. The molecular formula is C9H15O3. The first kappa shape index (κ1) is 9.52. The first-order chi connectivity index (χ1) is 5.61. The van der Waals surface area contributed by atoms with Crippen molar-refractivity contribution in [2.24, 2.45) is 11.8 Å². The van der Waals surface area contributed by atoms with Crippen molar-refractivity contribution < 1.29 is 15.0 Å². The maximum atomic E-state index is 10.6. The number of hydrogen-bond acceptors (Lipinski definition) is 2. The van der Waals surface area contributed by atoms with Crippen molar-refractivity contribution in [1.82, 2.24) is 0 Å². The minimum Gasteiger partial charge on any atom is -0.481 e. The smallest absolute Gasteiger partial charge is 0.306 e. The van der Waals surface area contributed by atoms with Crippen LogP contribution in [0.1, 0.15) is 26.2 Å². The van der Waals surface area contributed by atoms with E-state index in [0.29, 0.717) is 6.42 Å². The van der Waals surface area contributed by atoms with Crippen LogP contribution in [-0.2, 0) is 4.79 Å². The molecule has 1 aliphatic rings. The molecule has 1 radical (unpaired) electrons. The molecule has 69 valence electrons. The monoisotopic (exact) mass is 171 g/mol. The lowest BCUT2D eigenvalue weighted by atomic mass is 9.79. The normalized spacial score (nSPS) is 32.8. The average molecular weight is 171 g/mol. The molecule has 0 amide bonds. The summed E-state index contributed by atoms with van der Waals surface area (Å²) in [6.45, 7) is 1.71. The van der Waals surface area contributed by atoms with Crippen molar-refractivity contribution in [2.75, 3.05) is 0 Å². The predicted molar refractivity (Wildman–Crippen MR) is 44.4 cm³/mol. The number of hydrogen-bond donors (Lipinski definition) is 2.